The maximum absolute atomic E-state index is 12.1. The van der Waals surface area contributed by atoms with Gasteiger partial charge >= 0.3 is 5.97 Å². The van der Waals surface area contributed by atoms with Crippen molar-refractivity contribution in [2.24, 2.45) is 0 Å². The van der Waals surface area contributed by atoms with Gasteiger partial charge in [0.2, 0.25) is 5.91 Å². The van der Waals surface area contributed by atoms with E-state index in [0.29, 0.717) is 10.6 Å². The summed E-state index contributed by atoms with van der Waals surface area (Å²) in [7, 11) is 1.33. The first-order valence-corrected chi connectivity index (χ1v) is 8.55. The van der Waals surface area contributed by atoms with Crippen molar-refractivity contribution in [3.8, 4) is 0 Å². The highest BCUT2D eigenvalue weighted by Gasteiger charge is 2.15. The second-order valence-electron chi connectivity index (χ2n) is 5.30. The highest BCUT2D eigenvalue weighted by molar-refractivity contribution is 7.12. The molecule has 0 aliphatic carbocycles. The Hall–Kier alpha value is -2.14. The maximum atomic E-state index is 12.1. The van der Waals surface area contributed by atoms with E-state index in [1.54, 1.807) is 11.4 Å². The van der Waals surface area contributed by atoms with Crippen LogP contribution in [0, 0.1) is 0 Å². The Morgan fingerprint density at radius 1 is 1.13 bits per heavy atom. The number of aryl methyl sites for hydroxylation is 1. The van der Waals surface area contributed by atoms with Crippen LogP contribution in [-0.4, -0.2) is 19.0 Å². The van der Waals surface area contributed by atoms with Crippen LogP contribution >= 0.6 is 11.3 Å². The molecule has 1 amide bonds. The Kier molecular flexibility index (Phi) is 6.35. The molecule has 0 saturated carbocycles. The molecular formula is C18H21NO3S. The molecule has 23 heavy (non-hydrogen) atoms. The summed E-state index contributed by atoms with van der Waals surface area (Å²) in [6, 6.07) is 9.83. The van der Waals surface area contributed by atoms with Crippen LogP contribution in [0.25, 0.3) is 0 Å². The quantitative estimate of drug-likeness (QED) is 0.779. The van der Waals surface area contributed by atoms with Crippen LogP contribution in [-0.2, 0) is 22.4 Å². The fourth-order valence-corrected chi connectivity index (χ4v) is 3.01. The predicted octanol–water partition coefficient (Wildman–Crippen LogP) is 4.06. The summed E-state index contributed by atoms with van der Waals surface area (Å²) in [5.74, 6) is -0.578. The Morgan fingerprint density at radius 3 is 2.48 bits per heavy atom. The van der Waals surface area contributed by atoms with E-state index >= 15 is 0 Å². The molecule has 0 fully saturated rings. The van der Waals surface area contributed by atoms with E-state index in [4.69, 9.17) is 4.74 Å². The zero-order valence-electron chi connectivity index (χ0n) is 13.4. The molecule has 0 radical (unpaired) electrons. The molecule has 0 saturated heterocycles. The smallest absolute Gasteiger partial charge is 0.350 e. The monoisotopic (exact) mass is 331 g/mol. The summed E-state index contributed by atoms with van der Waals surface area (Å²) < 4.78 is 4.70. The Bertz CT molecular complexity index is 661. The first-order chi connectivity index (χ1) is 11.1. The number of anilines is 1. The molecule has 5 heteroatoms. The van der Waals surface area contributed by atoms with Crippen molar-refractivity contribution in [2.45, 2.75) is 32.6 Å². The number of amides is 1. The molecule has 0 spiro atoms. The average molecular weight is 331 g/mol. The molecule has 4 nitrogen and oxygen atoms in total. The van der Waals surface area contributed by atoms with Gasteiger partial charge in [0.25, 0.3) is 0 Å². The standard InChI is InChI=1S/C18H21NO3S/c1-3-4-5-13-6-8-14(9-7-13)12-16(20)19-15-10-11-23-17(15)18(21)22-2/h6-11H,3-5,12H2,1-2H3,(H,19,20). The lowest BCUT2D eigenvalue weighted by Crippen LogP contribution is -2.16. The number of carbonyl (C=O) groups excluding carboxylic acids is 2. The minimum atomic E-state index is -0.435. The lowest BCUT2D eigenvalue weighted by atomic mass is 10.0. The zero-order chi connectivity index (χ0) is 16.7. The van der Waals surface area contributed by atoms with Gasteiger partial charge in [-0.05, 0) is 35.4 Å². The van der Waals surface area contributed by atoms with E-state index in [2.05, 4.69) is 24.4 Å². The van der Waals surface area contributed by atoms with Crippen LogP contribution in [0.4, 0.5) is 5.69 Å². The number of rotatable bonds is 7. The molecule has 2 aromatic rings. The fourth-order valence-electron chi connectivity index (χ4n) is 2.24. The SMILES string of the molecule is CCCCc1ccc(CC(=O)Nc2ccsc2C(=O)OC)cc1. The second-order valence-corrected chi connectivity index (χ2v) is 6.22. The van der Waals surface area contributed by atoms with Crippen molar-refractivity contribution in [1.82, 2.24) is 0 Å². The summed E-state index contributed by atoms with van der Waals surface area (Å²) in [5, 5.41) is 4.53. The van der Waals surface area contributed by atoms with Crippen LogP contribution in [0.3, 0.4) is 0 Å². The molecule has 0 bridgehead atoms. The van der Waals surface area contributed by atoms with Gasteiger partial charge in [0.05, 0.1) is 19.2 Å². The summed E-state index contributed by atoms with van der Waals surface area (Å²) in [5.41, 5.74) is 2.76. The summed E-state index contributed by atoms with van der Waals surface area (Å²) in [4.78, 5) is 24.1. The molecule has 1 aromatic carbocycles. The lowest BCUT2D eigenvalue weighted by Gasteiger charge is -2.06. The van der Waals surface area contributed by atoms with E-state index in [0.717, 1.165) is 12.0 Å². The third kappa shape index (κ3) is 4.93. The third-order valence-electron chi connectivity index (χ3n) is 3.52. The lowest BCUT2D eigenvalue weighted by molar-refractivity contribution is -0.115. The van der Waals surface area contributed by atoms with Gasteiger partial charge in [-0.1, -0.05) is 37.6 Å². The molecule has 1 heterocycles. The van der Waals surface area contributed by atoms with Crippen molar-refractivity contribution in [1.29, 1.82) is 0 Å². The second kappa shape index (κ2) is 8.48. The van der Waals surface area contributed by atoms with Crippen molar-refractivity contribution in [3.05, 3.63) is 51.7 Å². The van der Waals surface area contributed by atoms with Gasteiger partial charge in [0, 0.05) is 0 Å². The van der Waals surface area contributed by atoms with E-state index < -0.39 is 5.97 Å². The number of thiophene rings is 1. The number of hydrogen-bond donors (Lipinski definition) is 1. The van der Waals surface area contributed by atoms with E-state index in [1.807, 2.05) is 12.1 Å². The molecule has 1 aromatic heterocycles. The van der Waals surface area contributed by atoms with E-state index in [9.17, 15) is 9.59 Å². The minimum absolute atomic E-state index is 0.144. The molecule has 1 N–H and O–H groups in total. The Morgan fingerprint density at radius 2 is 1.83 bits per heavy atom. The molecule has 0 unspecified atom stereocenters. The molecular weight excluding hydrogens is 310 g/mol. The van der Waals surface area contributed by atoms with Gasteiger partial charge in [-0.2, -0.15) is 0 Å². The predicted molar refractivity (Wildman–Crippen MR) is 93.0 cm³/mol. The van der Waals surface area contributed by atoms with E-state index in [1.165, 1.54) is 36.9 Å². The van der Waals surface area contributed by atoms with Gasteiger partial charge in [0.15, 0.2) is 0 Å². The zero-order valence-corrected chi connectivity index (χ0v) is 14.2. The molecule has 0 aliphatic rings. The first kappa shape index (κ1) is 17.2. The highest BCUT2D eigenvalue weighted by Crippen LogP contribution is 2.23. The van der Waals surface area contributed by atoms with Gasteiger partial charge in [-0.3, -0.25) is 4.79 Å². The van der Waals surface area contributed by atoms with Crippen LogP contribution in [0.5, 0.6) is 0 Å². The number of hydrogen-bond acceptors (Lipinski definition) is 4. The van der Waals surface area contributed by atoms with E-state index in [-0.39, 0.29) is 12.3 Å². The van der Waals surface area contributed by atoms with Crippen LogP contribution < -0.4 is 5.32 Å². The van der Waals surface area contributed by atoms with Crippen molar-refractivity contribution in [3.63, 3.8) is 0 Å². The number of esters is 1. The average Bonchev–Trinajstić information content (AvgIpc) is 3.01. The van der Waals surface area contributed by atoms with Gasteiger partial charge in [-0.15, -0.1) is 11.3 Å². The minimum Gasteiger partial charge on any atom is -0.465 e. The Balaban J connectivity index is 1.95. The van der Waals surface area contributed by atoms with Crippen molar-refractivity contribution in [2.75, 3.05) is 12.4 Å². The number of ether oxygens (including phenoxy) is 1. The van der Waals surface area contributed by atoms with Gasteiger partial charge < -0.3 is 10.1 Å². The summed E-state index contributed by atoms with van der Waals surface area (Å²) >= 11 is 1.25. The topological polar surface area (TPSA) is 55.4 Å². The van der Waals surface area contributed by atoms with Crippen molar-refractivity contribution < 1.29 is 14.3 Å². The van der Waals surface area contributed by atoms with Crippen molar-refractivity contribution >= 4 is 28.9 Å². The highest BCUT2D eigenvalue weighted by atomic mass is 32.1. The number of benzene rings is 1. The van der Waals surface area contributed by atoms with Gasteiger partial charge in [-0.25, -0.2) is 4.79 Å². The summed E-state index contributed by atoms with van der Waals surface area (Å²) in [6.45, 7) is 2.17. The summed E-state index contributed by atoms with van der Waals surface area (Å²) in [6.07, 6.45) is 3.70. The Labute approximate surface area is 140 Å². The number of nitrogens with one attached hydrogen (secondary N) is 1. The van der Waals surface area contributed by atoms with Crippen LogP contribution in [0.1, 0.15) is 40.6 Å². The molecule has 0 aliphatic heterocycles. The molecule has 2 rings (SSSR count). The normalized spacial score (nSPS) is 10.3. The fraction of sp³-hybridized carbons (Fsp3) is 0.333. The van der Waals surface area contributed by atoms with Crippen LogP contribution in [0.15, 0.2) is 35.7 Å². The number of methoxy groups -OCH3 is 1. The molecule has 122 valence electrons. The number of carbonyl (C=O) groups is 2. The maximum Gasteiger partial charge on any atom is 0.350 e. The van der Waals surface area contributed by atoms with Crippen LogP contribution in [0.2, 0.25) is 0 Å². The largest absolute Gasteiger partial charge is 0.465 e. The van der Waals surface area contributed by atoms with Gasteiger partial charge in [0.1, 0.15) is 4.88 Å². The first-order valence-electron chi connectivity index (χ1n) is 7.67. The third-order valence-corrected chi connectivity index (χ3v) is 4.41. The molecule has 0 atom stereocenters. The number of unbranched alkanes of at least 4 members (excludes halogenated alkanes) is 1.